The Bertz CT molecular complexity index is 537. The molecule has 0 bridgehead atoms. The van der Waals surface area contributed by atoms with Gasteiger partial charge in [0.15, 0.2) is 4.34 Å². The molecule has 0 saturated carbocycles. The Balaban J connectivity index is 2.36. The number of nitrogens with two attached hydrogens (primary N) is 1. The van der Waals surface area contributed by atoms with Gasteiger partial charge in [0, 0.05) is 12.1 Å². The van der Waals surface area contributed by atoms with E-state index in [1.807, 2.05) is 20.8 Å². The van der Waals surface area contributed by atoms with Gasteiger partial charge in [0.2, 0.25) is 0 Å². The van der Waals surface area contributed by atoms with Crippen LogP contribution in [0, 0.1) is 20.8 Å². The molecule has 0 fully saturated rings. The number of hydrogen-bond acceptors (Lipinski definition) is 7. The maximum absolute atomic E-state index is 5.77. The van der Waals surface area contributed by atoms with Crippen molar-refractivity contribution < 1.29 is 0 Å². The Morgan fingerprint density at radius 2 is 1.88 bits per heavy atom. The van der Waals surface area contributed by atoms with Crippen LogP contribution in [0.25, 0.3) is 0 Å². The molecular weight excluding hydrogens is 254 g/mol. The molecule has 2 aromatic heterocycles. The van der Waals surface area contributed by atoms with Gasteiger partial charge in [0.05, 0.1) is 5.69 Å². The van der Waals surface area contributed by atoms with Crippen LogP contribution in [-0.2, 0) is 6.54 Å². The molecule has 17 heavy (non-hydrogen) atoms. The third-order valence-electron chi connectivity index (χ3n) is 2.44. The van der Waals surface area contributed by atoms with Crippen LogP contribution in [0.2, 0.25) is 0 Å². The van der Waals surface area contributed by atoms with Crippen molar-refractivity contribution in [2.45, 2.75) is 36.7 Å². The maximum atomic E-state index is 5.77. The van der Waals surface area contributed by atoms with E-state index in [1.54, 1.807) is 11.3 Å². The van der Waals surface area contributed by atoms with E-state index in [4.69, 9.17) is 5.73 Å². The van der Waals surface area contributed by atoms with Crippen LogP contribution >= 0.6 is 23.1 Å². The van der Waals surface area contributed by atoms with Crippen LogP contribution in [0.5, 0.6) is 0 Å². The summed E-state index contributed by atoms with van der Waals surface area (Å²) in [7, 11) is 0. The largest absolute Gasteiger partial charge is 0.326 e. The zero-order valence-corrected chi connectivity index (χ0v) is 11.5. The molecular formula is C10H13N5S2. The third kappa shape index (κ3) is 2.62. The van der Waals surface area contributed by atoms with Crippen molar-refractivity contribution in [2.75, 3.05) is 0 Å². The van der Waals surface area contributed by atoms with Crippen LogP contribution in [0.15, 0.2) is 9.37 Å². The Kier molecular flexibility index (Phi) is 3.70. The Morgan fingerprint density at radius 3 is 2.47 bits per heavy atom. The molecule has 5 nitrogen and oxygen atoms in total. The fourth-order valence-corrected chi connectivity index (χ4v) is 3.23. The lowest BCUT2D eigenvalue weighted by molar-refractivity contribution is 0.823. The van der Waals surface area contributed by atoms with E-state index in [-0.39, 0.29) is 0 Å². The monoisotopic (exact) mass is 267 g/mol. The smallest absolute Gasteiger partial charge is 0.180 e. The highest BCUT2D eigenvalue weighted by molar-refractivity contribution is 8.01. The standard InChI is InChI=1S/C10H13N5S2/c1-5-6(2)12-14-9(8(5)4-11)17-10-15-13-7(3)16-10/h4,11H2,1-3H3. The summed E-state index contributed by atoms with van der Waals surface area (Å²) in [4.78, 5) is 0. The fraction of sp³-hybridized carbons (Fsp3) is 0.400. The molecule has 0 unspecified atom stereocenters. The van der Waals surface area contributed by atoms with E-state index in [0.29, 0.717) is 6.54 Å². The lowest BCUT2D eigenvalue weighted by Gasteiger charge is -2.08. The van der Waals surface area contributed by atoms with Gasteiger partial charge in [-0.1, -0.05) is 11.3 Å². The van der Waals surface area contributed by atoms with E-state index < -0.39 is 0 Å². The van der Waals surface area contributed by atoms with Crippen molar-refractivity contribution in [1.29, 1.82) is 0 Å². The highest BCUT2D eigenvalue weighted by Gasteiger charge is 2.13. The molecule has 2 N–H and O–H groups in total. The predicted molar refractivity (Wildman–Crippen MR) is 68.2 cm³/mol. The lowest BCUT2D eigenvalue weighted by Crippen LogP contribution is -2.06. The zero-order valence-electron chi connectivity index (χ0n) is 9.89. The van der Waals surface area contributed by atoms with Gasteiger partial charge >= 0.3 is 0 Å². The van der Waals surface area contributed by atoms with E-state index in [0.717, 1.165) is 31.2 Å². The van der Waals surface area contributed by atoms with Gasteiger partial charge < -0.3 is 5.73 Å². The van der Waals surface area contributed by atoms with Crippen LogP contribution in [0.4, 0.5) is 0 Å². The Hall–Kier alpha value is -1.05. The molecule has 2 heterocycles. The molecule has 0 aliphatic rings. The van der Waals surface area contributed by atoms with Crippen molar-refractivity contribution in [1.82, 2.24) is 20.4 Å². The zero-order chi connectivity index (χ0) is 12.4. The van der Waals surface area contributed by atoms with Crippen molar-refractivity contribution >= 4 is 23.1 Å². The van der Waals surface area contributed by atoms with Crippen molar-refractivity contribution in [3.05, 3.63) is 21.8 Å². The van der Waals surface area contributed by atoms with Crippen LogP contribution < -0.4 is 5.73 Å². The molecule has 2 aromatic rings. The SMILES string of the molecule is Cc1nnc(Sc2nnc(C)c(C)c2CN)s1. The molecule has 0 spiro atoms. The summed E-state index contributed by atoms with van der Waals surface area (Å²) in [5.74, 6) is 0. The number of aromatic nitrogens is 4. The van der Waals surface area contributed by atoms with E-state index in [2.05, 4.69) is 20.4 Å². The van der Waals surface area contributed by atoms with Crippen LogP contribution in [-0.4, -0.2) is 20.4 Å². The highest BCUT2D eigenvalue weighted by atomic mass is 32.2. The fourth-order valence-electron chi connectivity index (χ4n) is 1.36. The first-order valence-electron chi connectivity index (χ1n) is 5.12. The van der Waals surface area contributed by atoms with Crippen molar-refractivity contribution in [2.24, 2.45) is 5.73 Å². The normalized spacial score (nSPS) is 10.8. The quantitative estimate of drug-likeness (QED) is 0.914. The summed E-state index contributed by atoms with van der Waals surface area (Å²) in [5.41, 5.74) is 8.83. The van der Waals surface area contributed by atoms with E-state index >= 15 is 0 Å². The molecule has 90 valence electrons. The van der Waals surface area contributed by atoms with Gasteiger partial charge in [-0.3, -0.25) is 0 Å². The topological polar surface area (TPSA) is 77.6 Å². The average molecular weight is 267 g/mol. The molecule has 2 rings (SSSR count). The third-order valence-corrected chi connectivity index (χ3v) is 4.35. The average Bonchev–Trinajstić information content (AvgIpc) is 2.70. The molecule has 0 radical (unpaired) electrons. The lowest BCUT2D eigenvalue weighted by atomic mass is 10.1. The number of rotatable bonds is 3. The first-order valence-corrected chi connectivity index (χ1v) is 6.76. The van der Waals surface area contributed by atoms with Gasteiger partial charge in [0.1, 0.15) is 10.0 Å². The summed E-state index contributed by atoms with van der Waals surface area (Å²) in [5, 5.41) is 18.1. The Morgan fingerprint density at radius 1 is 1.12 bits per heavy atom. The highest BCUT2D eigenvalue weighted by Crippen LogP contribution is 2.31. The molecule has 0 saturated heterocycles. The van der Waals surface area contributed by atoms with Gasteiger partial charge in [-0.15, -0.1) is 15.3 Å². The molecule has 7 heteroatoms. The molecule has 0 atom stereocenters. The molecule has 0 aromatic carbocycles. The summed E-state index contributed by atoms with van der Waals surface area (Å²) in [6, 6.07) is 0. The summed E-state index contributed by atoms with van der Waals surface area (Å²) >= 11 is 3.02. The van der Waals surface area contributed by atoms with Crippen LogP contribution in [0.1, 0.15) is 21.8 Å². The van der Waals surface area contributed by atoms with Crippen molar-refractivity contribution in [3.63, 3.8) is 0 Å². The minimum Gasteiger partial charge on any atom is -0.326 e. The Labute approximate surface area is 108 Å². The van der Waals surface area contributed by atoms with Gasteiger partial charge in [-0.2, -0.15) is 5.10 Å². The van der Waals surface area contributed by atoms with Crippen LogP contribution in [0.3, 0.4) is 0 Å². The minimum absolute atomic E-state index is 0.461. The predicted octanol–water partition coefficient (Wildman–Crippen LogP) is 1.86. The number of hydrogen-bond donors (Lipinski definition) is 1. The number of nitrogens with zero attached hydrogens (tertiary/aromatic N) is 4. The second kappa shape index (κ2) is 5.07. The summed E-state index contributed by atoms with van der Waals surface area (Å²) < 4.78 is 0.870. The summed E-state index contributed by atoms with van der Waals surface area (Å²) in [6.45, 7) is 6.34. The minimum atomic E-state index is 0.461. The second-order valence-electron chi connectivity index (χ2n) is 3.59. The van der Waals surface area contributed by atoms with Crippen molar-refractivity contribution in [3.8, 4) is 0 Å². The molecule has 0 aliphatic carbocycles. The van der Waals surface area contributed by atoms with Gasteiger partial charge in [0.25, 0.3) is 0 Å². The van der Waals surface area contributed by atoms with E-state index in [9.17, 15) is 0 Å². The first kappa shape index (κ1) is 12.4. The number of aryl methyl sites for hydroxylation is 2. The molecule has 0 amide bonds. The second-order valence-corrected chi connectivity index (χ2v) is 6.00. The van der Waals surface area contributed by atoms with E-state index in [1.165, 1.54) is 11.8 Å². The first-order chi connectivity index (χ1) is 8.11. The maximum Gasteiger partial charge on any atom is 0.180 e. The van der Waals surface area contributed by atoms with Gasteiger partial charge in [-0.25, -0.2) is 0 Å². The summed E-state index contributed by atoms with van der Waals surface area (Å²) in [6.07, 6.45) is 0. The molecule has 0 aliphatic heterocycles. The van der Waals surface area contributed by atoms with Gasteiger partial charge in [-0.05, 0) is 38.1 Å².